The van der Waals surface area contributed by atoms with Gasteiger partial charge in [0.25, 0.3) is 11.8 Å². The van der Waals surface area contributed by atoms with E-state index in [0.717, 1.165) is 12.8 Å². The zero-order valence-electron chi connectivity index (χ0n) is 14.2. The van der Waals surface area contributed by atoms with Crippen LogP contribution in [0.2, 0.25) is 0 Å². The molecule has 0 aliphatic carbocycles. The second-order valence-corrected chi connectivity index (χ2v) is 6.34. The summed E-state index contributed by atoms with van der Waals surface area (Å²) in [5.41, 5.74) is 1.59. The lowest BCUT2D eigenvalue weighted by Gasteiger charge is -2.31. The number of furan rings is 1. The second kappa shape index (κ2) is 7.53. The maximum absolute atomic E-state index is 12.7. The first-order chi connectivity index (χ1) is 12.1. The Kier molecular flexibility index (Phi) is 5.19. The highest BCUT2D eigenvalue weighted by Gasteiger charge is 2.23. The van der Waals surface area contributed by atoms with Gasteiger partial charge < -0.3 is 19.7 Å². The number of hydrogen-bond donors (Lipinski definition) is 2. The van der Waals surface area contributed by atoms with Gasteiger partial charge in [0.15, 0.2) is 0 Å². The smallest absolute Gasteiger partial charge is 0.259 e. The third kappa shape index (κ3) is 3.91. The molecule has 1 aromatic carbocycles. The minimum absolute atomic E-state index is 0.0491. The molecule has 0 unspecified atom stereocenters. The molecule has 1 saturated heterocycles. The first-order valence-electron chi connectivity index (χ1n) is 8.44. The van der Waals surface area contributed by atoms with Gasteiger partial charge in [0.05, 0.1) is 11.8 Å². The molecule has 2 N–H and O–H groups in total. The number of likely N-dealkylation sites (tertiary alicyclic amines) is 1. The number of carbonyl (C=O) groups excluding carboxylic acids is 2. The Bertz CT molecular complexity index is 760. The Balaban J connectivity index is 1.68. The molecule has 0 spiro atoms. The number of nitrogens with one attached hydrogen (secondary N) is 1. The molecule has 0 saturated carbocycles. The van der Waals surface area contributed by atoms with E-state index in [1.165, 1.54) is 6.26 Å². The SMILES string of the molecule is Cc1occc1C(=O)Nc1cccc(C(=O)N2CCC(CO)CC2)c1. The Labute approximate surface area is 146 Å². The van der Waals surface area contributed by atoms with Crippen LogP contribution in [0.3, 0.4) is 0 Å². The van der Waals surface area contributed by atoms with E-state index in [2.05, 4.69) is 5.32 Å². The summed E-state index contributed by atoms with van der Waals surface area (Å²) in [6, 6.07) is 8.56. The summed E-state index contributed by atoms with van der Waals surface area (Å²) in [6.07, 6.45) is 3.11. The number of aliphatic hydroxyl groups is 1. The predicted octanol–water partition coefficient (Wildman–Crippen LogP) is 2.68. The fraction of sp³-hybridized carbons (Fsp3) is 0.368. The normalized spacial score (nSPS) is 15.2. The van der Waals surface area contributed by atoms with Gasteiger partial charge in [-0.3, -0.25) is 9.59 Å². The van der Waals surface area contributed by atoms with Gasteiger partial charge in [-0.2, -0.15) is 0 Å². The topological polar surface area (TPSA) is 82.8 Å². The lowest BCUT2D eigenvalue weighted by Crippen LogP contribution is -2.39. The van der Waals surface area contributed by atoms with Crippen LogP contribution in [0, 0.1) is 12.8 Å². The van der Waals surface area contributed by atoms with Crippen molar-refractivity contribution in [2.24, 2.45) is 5.92 Å². The summed E-state index contributed by atoms with van der Waals surface area (Å²) in [5, 5.41) is 12.0. The molecule has 132 valence electrons. The summed E-state index contributed by atoms with van der Waals surface area (Å²) in [5.74, 6) is 0.524. The van der Waals surface area contributed by atoms with Crippen molar-refractivity contribution in [3.05, 3.63) is 53.5 Å². The van der Waals surface area contributed by atoms with Crippen LogP contribution in [0.5, 0.6) is 0 Å². The van der Waals surface area contributed by atoms with Crippen LogP contribution < -0.4 is 5.32 Å². The van der Waals surface area contributed by atoms with Gasteiger partial charge in [0.2, 0.25) is 0 Å². The van der Waals surface area contributed by atoms with Crippen molar-refractivity contribution in [1.82, 2.24) is 4.90 Å². The Hall–Kier alpha value is -2.60. The van der Waals surface area contributed by atoms with Crippen LogP contribution in [-0.2, 0) is 0 Å². The van der Waals surface area contributed by atoms with E-state index >= 15 is 0 Å². The maximum Gasteiger partial charge on any atom is 0.259 e. The van der Waals surface area contributed by atoms with E-state index in [-0.39, 0.29) is 24.3 Å². The van der Waals surface area contributed by atoms with Crippen molar-refractivity contribution in [2.45, 2.75) is 19.8 Å². The average molecular weight is 342 g/mol. The summed E-state index contributed by atoms with van der Waals surface area (Å²) < 4.78 is 5.14. The molecule has 1 fully saturated rings. The number of piperidine rings is 1. The van der Waals surface area contributed by atoms with Gasteiger partial charge in [-0.05, 0) is 49.9 Å². The Morgan fingerprint density at radius 2 is 2.04 bits per heavy atom. The maximum atomic E-state index is 12.7. The zero-order valence-corrected chi connectivity index (χ0v) is 14.2. The van der Waals surface area contributed by atoms with Crippen LogP contribution >= 0.6 is 0 Å². The van der Waals surface area contributed by atoms with E-state index in [0.29, 0.717) is 35.7 Å². The Morgan fingerprint density at radius 3 is 2.68 bits per heavy atom. The number of hydrogen-bond acceptors (Lipinski definition) is 4. The van der Waals surface area contributed by atoms with Crippen molar-refractivity contribution in [2.75, 3.05) is 25.0 Å². The highest BCUT2D eigenvalue weighted by molar-refractivity contribution is 6.05. The predicted molar refractivity (Wildman–Crippen MR) is 93.6 cm³/mol. The second-order valence-electron chi connectivity index (χ2n) is 6.34. The number of aliphatic hydroxyl groups excluding tert-OH is 1. The van der Waals surface area contributed by atoms with Crippen molar-refractivity contribution in [1.29, 1.82) is 0 Å². The molecule has 0 bridgehead atoms. The van der Waals surface area contributed by atoms with Gasteiger partial charge in [-0.15, -0.1) is 0 Å². The minimum atomic E-state index is -0.264. The van der Waals surface area contributed by atoms with Crippen LogP contribution in [0.1, 0.15) is 39.3 Å². The number of amides is 2. The molecule has 2 amide bonds. The summed E-state index contributed by atoms with van der Waals surface area (Å²) >= 11 is 0. The van der Waals surface area contributed by atoms with E-state index < -0.39 is 0 Å². The molecule has 0 radical (unpaired) electrons. The number of nitrogens with zero attached hydrogens (tertiary/aromatic N) is 1. The van der Waals surface area contributed by atoms with E-state index in [1.807, 2.05) is 0 Å². The van der Waals surface area contributed by atoms with Gasteiger partial charge in [-0.25, -0.2) is 0 Å². The molecule has 6 nitrogen and oxygen atoms in total. The first kappa shape index (κ1) is 17.2. The van der Waals surface area contributed by atoms with Gasteiger partial charge in [-0.1, -0.05) is 6.07 Å². The van der Waals surface area contributed by atoms with E-state index in [1.54, 1.807) is 42.2 Å². The summed E-state index contributed by atoms with van der Waals surface area (Å²) in [6.45, 7) is 3.20. The zero-order chi connectivity index (χ0) is 17.8. The van der Waals surface area contributed by atoms with Gasteiger partial charge >= 0.3 is 0 Å². The highest BCUT2D eigenvalue weighted by Crippen LogP contribution is 2.20. The fourth-order valence-electron chi connectivity index (χ4n) is 3.05. The van der Waals surface area contributed by atoms with E-state index in [4.69, 9.17) is 4.42 Å². The molecule has 1 aliphatic rings. The molecule has 0 atom stereocenters. The largest absolute Gasteiger partial charge is 0.469 e. The van der Waals surface area contributed by atoms with Crippen LogP contribution in [-0.4, -0.2) is 41.5 Å². The van der Waals surface area contributed by atoms with Crippen molar-refractivity contribution in [3.63, 3.8) is 0 Å². The summed E-state index contributed by atoms with van der Waals surface area (Å²) in [7, 11) is 0. The van der Waals surface area contributed by atoms with Crippen molar-refractivity contribution >= 4 is 17.5 Å². The molecule has 25 heavy (non-hydrogen) atoms. The average Bonchev–Trinajstić information content (AvgIpc) is 3.07. The standard InChI is InChI=1S/C19H22N2O4/c1-13-17(7-10-25-13)18(23)20-16-4-2-3-15(11-16)19(24)21-8-5-14(12-22)6-9-21/h2-4,7,10-11,14,22H,5-6,8-9,12H2,1H3,(H,20,23). The highest BCUT2D eigenvalue weighted by atomic mass is 16.3. The quantitative estimate of drug-likeness (QED) is 0.895. The van der Waals surface area contributed by atoms with Crippen molar-refractivity contribution in [3.8, 4) is 0 Å². The molecule has 3 rings (SSSR count). The first-order valence-corrected chi connectivity index (χ1v) is 8.44. The lowest BCUT2D eigenvalue weighted by molar-refractivity contribution is 0.0650. The van der Waals surface area contributed by atoms with Gasteiger partial charge in [0.1, 0.15) is 5.76 Å². The van der Waals surface area contributed by atoms with Crippen LogP contribution in [0.4, 0.5) is 5.69 Å². The third-order valence-electron chi connectivity index (χ3n) is 4.63. The molecular weight excluding hydrogens is 320 g/mol. The number of rotatable bonds is 4. The molecule has 1 aromatic heterocycles. The van der Waals surface area contributed by atoms with Gasteiger partial charge in [0, 0.05) is 30.9 Å². The molecule has 6 heteroatoms. The van der Waals surface area contributed by atoms with Crippen LogP contribution in [0.15, 0.2) is 41.0 Å². The lowest BCUT2D eigenvalue weighted by atomic mass is 9.97. The summed E-state index contributed by atoms with van der Waals surface area (Å²) in [4.78, 5) is 26.7. The number of benzene rings is 1. The third-order valence-corrected chi connectivity index (χ3v) is 4.63. The molecule has 2 heterocycles. The molecule has 1 aliphatic heterocycles. The minimum Gasteiger partial charge on any atom is -0.469 e. The van der Waals surface area contributed by atoms with Crippen molar-refractivity contribution < 1.29 is 19.1 Å². The Morgan fingerprint density at radius 1 is 1.28 bits per heavy atom. The number of carbonyl (C=O) groups is 2. The fourth-order valence-corrected chi connectivity index (χ4v) is 3.05. The monoisotopic (exact) mass is 342 g/mol. The van der Waals surface area contributed by atoms with E-state index in [9.17, 15) is 14.7 Å². The number of aryl methyl sites for hydroxylation is 1. The van der Waals surface area contributed by atoms with Crippen LogP contribution in [0.25, 0.3) is 0 Å². The molecule has 2 aromatic rings. The molecular formula is C19H22N2O4. The number of anilines is 1.